The molecule has 0 saturated carbocycles. The maximum Gasteiger partial charge on any atom is 0.337 e. The second-order valence-corrected chi connectivity index (χ2v) is 12.2. The number of benzene rings is 3. The molecule has 0 aromatic heterocycles. The molecule has 9 heteroatoms. The van der Waals surface area contributed by atoms with Gasteiger partial charge >= 0.3 is 5.97 Å². The quantitative estimate of drug-likeness (QED) is 0.332. The highest BCUT2D eigenvalue weighted by molar-refractivity contribution is 5.95. The zero-order valence-electron chi connectivity index (χ0n) is 25.6. The summed E-state index contributed by atoms with van der Waals surface area (Å²) in [7, 11) is 1.36. The monoisotopic (exact) mass is 593 g/mol. The molecule has 5 rings (SSSR count). The summed E-state index contributed by atoms with van der Waals surface area (Å²) in [5.74, 6) is -2.39. The molecular formula is C34H37F2NO6. The van der Waals surface area contributed by atoms with E-state index in [1.165, 1.54) is 25.3 Å². The third-order valence-corrected chi connectivity index (χ3v) is 8.37. The third kappa shape index (κ3) is 5.46. The molecule has 43 heavy (non-hydrogen) atoms. The van der Waals surface area contributed by atoms with Gasteiger partial charge in [0.05, 0.1) is 19.3 Å². The van der Waals surface area contributed by atoms with E-state index in [1.807, 2.05) is 20.8 Å². The normalized spacial score (nSPS) is 15.0. The van der Waals surface area contributed by atoms with Crippen LogP contribution in [0.5, 0.6) is 11.5 Å². The smallest absolute Gasteiger partial charge is 0.337 e. The van der Waals surface area contributed by atoms with Crippen LogP contribution in [0.3, 0.4) is 0 Å². The van der Waals surface area contributed by atoms with Crippen molar-refractivity contribution in [1.82, 2.24) is 4.90 Å². The van der Waals surface area contributed by atoms with Gasteiger partial charge in [-0.15, -0.1) is 0 Å². The predicted octanol–water partition coefficient (Wildman–Crippen LogP) is 6.99. The minimum absolute atomic E-state index is 0.0406. The fraction of sp³-hybridized carbons (Fsp3) is 0.412. The second-order valence-electron chi connectivity index (χ2n) is 12.2. The van der Waals surface area contributed by atoms with Gasteiger partial charge in [-0.25, -0.2) is 13.6 Å². The van der Waals surface area contributed by atoms with E-state index < -0.39 is 29.3 Å². The molecule has 228 valence electrons. The van der Waals surface area contributed by atoms with E-state index in [9.17, 15) is 19.1 Å². The van der Waals surface area contributed by atoms with Crippen molar-refractivity contribution in [3.63, 3.8) is 0 Å². The molecule has 1 N–H and O–H groups in total. The lowest BCUT2D eigenvalue weighted by molar-refractivity contribution is -0.160. The number of carbonyl (C=O) groups is 2. The summed E-state index contributed by atoms with van der Waals surface area (Å²) in [6.07, 6.45) is 0.0417. The Morgan fingerprint density at radius 1 is 0.977 bits per heavy atom. The first kappa shape index (κ1) is 30.5. The summed E-state index contributed by atoms with van der Waals surface area (Å²) in [4.78, 5) is 28.0. The fourth-order valence-electron chi connectivity index (χ4n) is 6.33. The van der Waals surface area contributed by atoms with Gasteiger partial charge in [0.25, 0.3) is 5.91 Å². The van der Waals surface area contributed by atoms with Crippen molar-refractivity contribution in [2.45, 2.75) is 79.2 Å². The largest absolute Gasteiger partial charge is 0.494 e. The Morgan fingerprint density at radius 3 is 2.26 bits per heavy atom. The van der Waals surface area contributed by atoms with E-state index >= 15 is 4.39 Å². The Morgan fingerprint density at radius 2 is 1.65 bits per heavy atom. The number of ether oxygens (including phenoxy) is 3. The molecule has 2 heterocycles. The highest BCUT2D eigenvalue weighted by atomic mass is 19.1. The van der Waals surface area contributed by atoms with Gasteiger partial charge in [0.15, 0.2) is 29.2 Å². The van der Waals surface area contributed by atoms with Crippen LogP contribution in [0.1, 0.15) is 82.6 Å². The van der Waals surface area contributed by atoms with Crippen LogP contribution in [0, 0.1) is 32.4 Å². The highest BCUT2D eigenvalue weighted by Crippen LogP contribution is 2.47. The maximum atomic E-state index is 15.5. The molecular weight excluding hydrogens is 556 g/mol. The van der Waals surface area contributed by atoms with Crippen molar-refractivity contribution in [3.05, 3.63) is 80.4 Å². The number of fused-ring (bicyclic) bond motifs is 2. The van der Waals surface area contributed by atoms with Gasteiger partial charge in [-0.05, 0) is 118 Å². The number of hydrogen-bond donors (Lipinski definition) is 1. The average Bonchev–Trinajstić information content (AvgIpc) is 3.41. The molecule has 3 aromatic rings. The fourth-order valence-corrected chi connectivity index (χ4v) is 6.33. The van der Waals surface area contributed by atoms with Crippen LogP contribution in [0.25, 0.3) is 11.1 Å². The zero-order valence-corrected chi connectivity index (χ0v) is 25.6. The number of amides is 1. The van der Waals surface area contributed by atoms with E-state index in [0.29, 0.717) is 35.3 Å². The molecule has 0 aliphatic carbocycles. The van der Waals surface area contributed by atoms with Gasteiger partial charge in [-0.2, -0.15) is 0 Å². The SMILES string of the molecule is COc1ccc(C(=O)N2Cc3c(C)c(-c4cc(F)c5c(c4C)CCCO5)c([C@H](OC(C)(C)C)C(=O)O)c(C)c3C2)cc1F. The molecule has 0 bridgehead atoms. The van der Waals surface area contributed by atoms with Crippen molar-refractivity contribution in [2.24, 2.45) is 0 Å². The van der Waals surface area contributed by atoms with Gasteiger partial charge in [-0.3, -0.25) is 4.79 Å². The summed E-state index contributed by atoms with van der Waals surface area (Å²) in [5.41, 5.74) is 5.63. The molecule has 2 aliphatic heterocycles. The van der Waals surface area contributed by atoms with Gasteiger partial charge in [0.1, 0.15) is 0 Å². The number of carboxylic acid groups (broad SMARTS) is 1. The van der Waals surface area contributed by atoms with Crippen LogP contribution >= 0.6 is 0 Å². The molecule has 0 fully saturated rings. The topological polar surface area (TPSA) is 85.3 Å². The Balaban J connectivity index is 1.71. The van der Waals surface area contributed by atoms with Crippen LogP contribution in [0.2, 0.25) is 0 Å². The standard InChI is InChI=1S/C34H37F2NO6/c1-17-21-9-8-12-42-30(21)26(36)14-22(17)28-18(2)23-15-37(32(38)20-10-11-27(41-7)25(35)13-20)16-24(23)19(3)29(28)31(33(39)40)43-34(4,5)6/h10-11,13-14,31H,8-9,12,15-16H2,1-7H3,(H,39,40)/t31-/m0/s1. The molecule has 0 unspecified atom stereocenters. The van der Waals surface area contributed by atoms with E-state index in [1.54, 1.807) is 25.7 Å². The molecule has 0 saturated heterocycles. The van der Waals surface area contributed by atoms with E-state index in [2.05, 4.69) is 0 Å². The second kappa shape index (κ2) is 11.3. The minimum atomic E-state index is -1.35. The molecule has 0 radical (unpaired) electrons. The van der Waals surface area contributed by atoms with Crippen molar-refractivity contribution < 1.29 is 37.7 Å². The van der Waals surface area contributed by atoms with Gasteiger partial charge in [-0.1, -0.05) is 0 Å². The molecule has 2 aliphatic rings. The molecule has 1 amide bonds. The van der Waals surface area contributed by atoms with Crippen molar-refractivity contribution >= 4 is 11.9 Å². The Kier molecular flexibility index (Phi) is 7.98. The number of carbonyl (C=O) groups excluding carboxylic acids is 1. The lowest BCUT2D eigenvalue weighted by Gasteiger charge is -2.31. The maximum absolute atomic E-state index is 15.5. The summed E-state index contributed by atoms with van der Waals surface area (Å²) in [6, 6.07) is 5.50. The predicted molar refractivity (Wildman–Crippen MR) is 158 cm³/mol. The highest BCUT2D eigenvalue weighted by Gasteiger charge is 2.37. The number of carboxylic acids is 1. The van der Waals surface area contributed by atoms with Crippen LogP contribution in [0.15, 0.2) is 24.3 Å². The summed E-state index contributed by atoms with van der Waals surface area (Å²) >= 11 is 0. The van der Waals surface area contributed by atoms with Crippen molar-refractivity contribution in [2.75, 3.05) is 13.7 Å². The number of halogens is 2. The lowest BCUT2D eigenvalue weighted by Crippen LogP contribution is -2.29. The van der Waals surface area contributed by atoms with Gasteiger partial charge in [0, 0.05) is 29.8 Å². The Bertz CT molecular complexity index is 1640. The number of aliphatic carboxylic acids is 1. The average molecular weight is 594 g/mol. The number of hydrogen-bond acceptors (Lipinski definition) is 5. The van der Waals surface area contributed by atoms with E-state index in [-0.39, 0.29) is 36.1 Å². The number of rotatable bonds is 6. The molecule has 0 spiro atoms. The summed E-state index contributed by atoms with van der Waals surface area (Å²) in [6.45, 7) is 11.8. The van der Waals surface area contributed by atoms with Gasteiger partial charge < -0.3 is 24.2 Å². The lowest BCUT2D eigenvalue weighted by atomic mass is 9.81. The summed E-state index contributed by atoms with van der Waals surface area (Å²) in [5, 5.41) is 10.5. The molecule has 7 nitrogen and oxygen atoms in total. The van der Waals surface area contributed by atoms with Gasteiger partial charge in [0.2, 0.25) is 0 Å². The zero-order chi connectivity index (χ0) is 31.4. The van der Waals surface area contributed by atoms with Crippen LogP contribution in [0.4, 0.5) is 8.78 Å². The van der Waals surface area contributed by atoms with E-state index in [4.69, 9.17) is 14.2 Å². The first-order valence-electron chi connectivity index (χ1n) is 14.4. The van der Waals surface area contributed by atoms with E-state index in [0.717, 1.165) is 40.3 Å². The first-order chi connectivity index (χ1) is 20.2. The number of methoxy groups -OCH3 is 1. The minimum Gasteiger partial charge on any atom is -0.494 e. The number of nitrogens with zero attached hydrogens (tertiary/aromatic N) is 1. The first-order valence-corrected chi connectivity index (χ1v) is 14.4. The molecule has 1 atom stereocenters. The Labute approximate surface area is 250 Å². The van der Waals surface area contributed by atoms with Crippen molar-refractivity contribution in [1.29, 1.82) is 0 Å². The Hall–Kier alpha value is -3.98. The van der Waals surface area contributed by atoms with Crippen LogP contribution in [-0.4, -0.2) is 41.2 Å². The van der Waals surface area contributed by atoms with Crippen LogP contribution < -0.4 is 9.47 Å². The third-order valence-electron chi connectivity index (χ3n) is 8.37. The summed E-state index contributed by atoms with van der Waals surface area (Å²) < 4.78 is 46.8. The van der Waals surface area contributed by atoms with Crippen molar-refractivity contribution in [3.8, 4) is 22.6 Å². The molecule has 3 aromatic carbocycles. The van der Waals surface area contributed by atoms with Crippen LogP contribution in [-0.2, 0) is 29.0 Å².